The molecule has 7 nitrogen and oxygen atoms in total. The Balaban J connectivity index is 1.15. The normalized spacial score (nSPS) is 18.8. The minimum Gasteiger partial charge on any atom is -0.350 e. The number of imidazole rings is 1. The summed E-state index contributed by atoms with van der Waals surface area (Å²) in [6, 6.07) is 7.89. The molecule has 0 atom stereocenters. The number of likely N-dealkylation sites (tertiary alicyclic amines) is 2. The number of nitrogens with zero attached hydrogens (tertiary/aromatic N) is 3. The number of rotatable bonds is 6. The molecule has 31 heavy (non-hydrogen) atoms. The van der Waals surface area contributed by atoms with E-state index in [4.69, 9.17) is 0 Å². The van der Waals surface area contributed by atoms with Crippen molar-refractivity contribution in [2.75, 3.05) is 39.3 Å². The van der Waals surface area contributed by atoms with E-state index in [0.29, 0.717) is 17.5 Å². The third-order valence-electron chi connectivity index (χ3n) is 6.68. The summed E-state index contributed by atoms with van der Waals surface area (Å²) in [6.07, 6.45) is 7.48. The third kappa shape index (κ3) is 5.73. The lowest BCUT2D eigenvalue weighted by molar-refractivity contribution is 0.0651. The summed E-state index contributed by atoms with van der Waals surface area (Å²) in [5.41, 5.74) is 2.45. The Kier molecular flexibility index (Phi) is 7.02. The summed E-state index contributed by atoms with van der Waals surface area (Å²) >= 11 is 0. The number of H-pyrrole nitrogens is 1. The molecule has 4 rings (SSSR count). The Morgan fingerprint density at radius 1 is 1.10 bits per heavy atom. The Morgan fingerprint density at radius 3 is 2.52 bits per heavy atom. The summed E-state index contributed by atoms with van der Waals surface area (Å²) in [5, 5.41) is 3.02. The minimum absolute atomic E-state index is 0.0769. The highest BCUT2D eigenvalue weighted by atomic mass is 16.2. The van der Waals surface area contributed by atoms with E-state index in [1.165, 1.54) is 6.33 Å². The number of nitrogens with one attached hydrogen (secondary N) is 2. The van der Waals surface area contributed by atoms with Crippen molar-refractivity contribution in [3.05, 3.63) is 53.6 Å². The lowest BCUT2D eigenvalue weighted by atomic mass is 9.92. The van der Waals surface area contributed by atoms with Crippen LogP contribution in [0, 0.1) is 18.8 Å². The number of carbonyl (C=O) groups excluding carboxylic acids is 2. The highest BCUT2D eigenvalue weighted by Crippen LogP contribution is 2.23. The number of amides is 2. The fourth-order valence-electron chi connectivity index (χ4n) is 4.73. The van der Waals surface area contributed by atoms with E-state index in [2.05, 4.69) is 20.2 Å². The number of hydrogen-bond acceptors (Lipinski definition) is 4. The van der Waals surface area contributed by atoms with Gasteiger partial charge < -0.3 is 20.1 Å². The average Bonchev–Trinajstić information content (AvgIpc) is 3.34. The van der Waals surface area contributed by atoms with E-state index in [0.717, 1.165) is 76.1 Å². The second kappa shape index (κ2) is 10.1. The molecule has 0 saturated carbocycles. The van der Waals surface area contributed by atoms with Gasteiger partial charge in [0.2, 0.25) is 0 Å². The van der Waals surface area contributed by atoms with E-state index >= 15 is 0 Å². The number of benzene rings is 1. The molecule has 2 fully saturated rings. The molecule has 0 aliphatic carbocycles. The van der Waals surface area contributed by atoms with Crippen LogP contribution in [0.4, 0.5) is 0 Å². The molecule has 166 valence electrons. The standard InChI is InChI=1S/C24H33N5O2/c1-18-3-2-4-21(13-18)24(31)29-11-7-20(8-12-29)16-28-9-5-19(6-10-28)14-26-23(30)22-15-25-17-27-22/h2-4,13,15,17,19-20H,5-12,14,16H2,1H3,(H,25,27)(H,26,30). The van der Waals surface area contributed by atoms with Gasteiger partial charge in [-0.1, -0.05) is 17.7 Å². The van der Waals surface area contributed by atoms with Crippen LogP contribution >= 0.6 is 0 Å². The quantitative estimate of drug-likeness (QED) is 0.749. The molecule has 0 spiro atoms. The Bertz CT molecular complexity index is 866. The van der Waals surface area contributed by atoms with Crippen molar-refractivity contribution in [3.63, 3.8) is 0 Å². The summed E-state index contributed by atoms with van der Waals surface area (Å²) in [5.74, 6) is 1.29. The van der Waals surface area contributed by atoms with Crippen LogP contribution in [-0.4, -0.2) is 70.9 Å². The maximum absolute atomic E-state index is 12.7. The molecule has 7 heteroatoms. The average molecular weight is 424 g/mol. The summed E-state index contributed by atoms with van der Waals surface area (Å²) in [4.78, 5) is 36.1. The highest BCUT2D eigenvalue weighted by molar-refractivity contribution is 5.94. The molecule has 1 aromatic carbocycles. The molecular weight excluding hydrogens is 390 g/mol. The van der Waals surface area contributed by atoms with E-state index in [-0.39, 0.29) is 11.8 Å². The summed E-state index contributed by atoms with van der Waals surface area (Å²) < 4.78 is 0. The number of aromatic amines is 1. The zero-order chi connectivity index (χ0) is 21.6. The number of piperidine rings is 2. The molecule has 2 aromatic rings. The monoisotopic (exact) mass is 423 g/mol. The maximum atomic E-state index is 12.7. The molecule has 0 unspecified atom stereocenters. The first-order chi connectivity index (χ1) is 15.1. The van der Waals surface area contributed by atoms with Gasteiger partial charge in [0.05, 0.1) is 12.5 Å². The lowest BCUT2D eigenvalue weighted by Crippen LogP contribution is -2.44. The van der Waals surface area contributed by atoms with Gasteiger partial charge in [0.15, 0.2) is 0 Å². The predicted octanol–water partition coefficient (Wildman–Crippen LogP) is 2.71. The molecule has 2 aliphatic rings. The van der Waals surface area contributed by atoms with E-state index in [9.17, 15) is 9.59 Å². The molecule has 2 amide bonds. The highest BCUT2D eigenvalue weighted by Gasteiger charge is 2.27. The van der Waals surface area contributed by atoms with Gasteiger partial charge in [-0.3, -0.25) is 9.59 Å². The Morgan fingerprint density at radius 2 is 1.84 bits per heavy atom. The molecular formula is C24H33N5O2. The lowest BCUT2D eigenvalue weighted by Gasteiger charge is -2.37. The Labute approximate surface area is 184 Å². The Hall–Kier alpha value is -2.67. The van der Waals surface area contributed by atoms with Gasteiger partial charge in [-0.05, 0) is 69.7 Å². The van der Waals surface area contributed by atoms with Gasteiger partial charge in [-0.25, -0.2) is 4.98 Å². The topological polar surface area (TPSA) is 81.3 Å². The third-order valence-corrected chi connectivity index (χ3v) is 6.68. The van der Waals surface area contributed by atoms with E-state index in [1.54, 1.807) is 6.20 Å². The SMILES string of the molecule is Cc1cccc(C(=O)N2CCC(CN3CCC(CNC(=O)c4cnc[nH]4)CC3)CC2)c1. The van der Waals surface area contributed by atoms with Gasteiger partial charge in [0.25, 0.3) is 11.8 Å². The van der Waals surface area contributed by atoms with Crippen molar-refractivity contribution in [3.8, 4) is 0 Å². The van der Waals surface area contributed by atoms with Crippen molar-refractivity contribution in [1.29, 1.82) is 0 Å². The largest absolute Gasteiger partial charge is 0.350 e. The van der Waals surface area contributed by atoms with Crippen LogP contribution in [0.5, 0.6) is 0 Å². The first-order valence-corrected chi connectivity index (χ1v) is 11.4. The van der Waals surface area contributed by atoms with Crippen LogP contribution in [0.2, 0.25) is 0 Å². The number of aryl methyl sites for hydroxylation is 1. The van der Waals surface area contributed by atoms with E-state index < -0.39 is 0 Å². The van der Waals surface area contributed by atoms with Gasteiger partial charge in [0.1, 0.15) is 5.69 Å². The van der Waals surface area contributed by atoms with Crippen molar-refractivity contribution in [1.82, 2.24) is 25.1 Å². The predicted molar refractivity (Wildman–Crippen MR) is 120 cm³/mol. The molecule has 2 saturated heterocycles. The molecule has 0 bridgehead atoms. The second-order valence-corrected chi connectivity index (χ2v) is 9.02. The van der Waals surface area contributed by atoms with Crippen LogP contribution in [0.3, 0.4) is 0 Å². The van der Waals surface area contributed by atoms with Crippen LogP contribution < -0.4 is 5.32 Å². The number of aromatic nitrogens is 2. The summed E-state index contributed by atoms with van der Waals surface area (Å²) in [7, 11) is 0. The van der Waals surface area contributed by atoms with Crippen LogP contribution in [0.15, 0.2) is 36.8 Å². The first kappa shape index (κ1) is 21.6. The molecule has 1 aromatic heterocycles. The van der Waals surface area contributed by atoms with Crippen molar-refractivity contribution in [2.24, 2.45) is 11.8 Å². The summed E-state index contributed by atoms with van der Waals surface area (Å²) in [6.45, 7) is 7.77. The van der Waals surface area contributed by atoms with Crippen molar-refractivity contribution in [2.45, 2.75) is 32.6 Å². The van der Waals surface area contributed by atoms with Crippen molar-refractivity contribution < 1.29 is 9.59 Å². The van der Waals surface area contributed by atoms with Crippen LogP contribution in [0.1, 0.15) is 52.1 Å². The second-order valence-electron chi connectivity index (χ2n) is 9.02. The minimum atomic E-state index is -0.0769. The maximum Gasteiger partial charge on any atom is 0.269 e. The van der Waals surface area contributed by atoms with Gasteiger partial charge in [-0.15, -0.1) is 0 Å². The molecule has 3 heterocycles. The van der Waals surface area contributed by atoms with E-state index in [1.807, 2.05) is 36.1 Å². The smallest absolute Gasteiger partial charge is 0.269 e. The zero-order valence-corrected chi connectivity index (χ0v) is 18.3. The molecule has 2 N–H and O–H groups in total. The first-order valence-electron chi connectivity index (χ1n) is 11.4. The fraction of sp³-hybridized carbons (Fsp3) is 0.542. The van der Waals surface area contributed by atoms with Gasteiger partial charge in [-0.2, -0.15) is 0 Å². The number of hydrogen-bond donors (Lipinski definition) is 2. The number of carbonyl (C=O) groups is 2. The molecule has 2 aliphatic heterocycles. The van der Waals surface area contributed by atoms with Crippen molar-refractivity contribution >= 4 is 11.8 Å². The van der Waals surface area contributed by atoms with Gasteiger partial charge in [0, 0.05) is 31.7 Å². The fourth-order valence-corrected chi connectivity index (χ4v) is 4.73. The molecule has 0 radical (unpaired) electrons. The van der Waals surface area contributed by atoms with Gasteiger partial charge >= 0.3 is 0 Å². The van der Waals surface area contributed by atoms with Crippen LogP contribution in [-0.2, 0) is 0 Å². The van der Waals surface area contributed by atoms with Crippen LogP contribution in [0.25, 0.3) is 0 Å². The zero-order valence-electron chi connectivity index (χ0n) is 18.3.